The van der Waals surface area contributed by atoms with Crippen LogP contribution in [0.5, 0.6) is 0 Å². The fourth-order valence-corrected chi connectivity index (χ4v) is 3.98. The Labute approximate surface area is 160 Å². The van der Waals surface area contributed by atoms with Gasteiger partial charge in [0.15, 0.2) is 0 Å². The van der Waals surface area contributed by atoms with Crippen LogP contribution >= 0.6 is 0 Å². The molecule has 2 saturated heterocycles. The van der Waals surface area contributed by atoms with E-state index in [1.54, 1.807) is 24.0 Å². The number of fused-ring (bicyclic) bond motifs is 2. The SMILES string of the molecule is Cc1ccc(C(=O)N2C[C@@H]3C[C@H]2CN3C(=O)CC/C=C/C(C)C)c(N)c1F. The zero-order valence-corrected chi connectivity index (χ0v) is 16.2. The van der Waals surface area contributed by atoms with Gasteiger partial charge in [0.2, 0.25) is 5.91 Å². The van der Waals surface area contributed by atoms with Gasteiger partial charge in [0, 0.05) is 19.5 Å². The second-order valence-corrected chi connectivity index (χ2v) is 7.92. The minimum atomic E-state index is -0.531. The largest absolute Gasteiger partial charge is 0.396 e. The topological polar surface area (TPSA) is 66.6 Å². The van der Waals surface area contributed by atoms with Crippen molar-refractivity contribution in [2.24, 2.45) is 5.92 Å². The van der Waals surface area contributed by atoms with Crippen LogP contribution in [0.1, 0.15) is 49.0 Å². The number of rotatable bonds is 5. The summed E-state index contributed by atoms with van der Waals surface area (Å²) in [5, 5.41) is 0. The number of nitrogen functional groups attached to an aromatic ring is 1. The minimum Gasteiger partial charge on any atom is -0.396 e. The van der Waals surface area contributed by atoms with E-state index in [1.807, 2.05) is 4.90 Å². The Morgan fingerprint density at radius 3 is 2.56 bits per heavy atom. The third-order valence-corrected chi connectivity index (χ3v) is 5.47. The van der Waals surface area contributed by atoms with Crippen molar-refractivity contribution in [3.05, 3.63) is 41.2 Å². The first-order valence-corrected chi connectivity index (χ1v) is 9.61. The molecule has 0 saturated carbocycles. The summed E-state index contributed by atoms with van der Waals surface area (Å²) in [6.07, 6.45) is 6.19. The van der Waals surface area contributed by atoms with Crippen LogP contribution in [0, 0.1) is 18.7 Å². The predicted octanol–water partition coefficient (Wildman–Crippen LogP) is 3.13. The second kappa shape index (κ2) is 7.71. The van der Waals surface area contributed by atoms with Crippen molar-refractivity contribution in [1.82, 2.24) is 9.80 Å². The number of hydrogen-bond acceptors (Lipinski definition) is 3. The summed E-state index contributed by atoms with van der Waals surface area (Å²) < 4.78 is 14.0. The van der Waals surface area contributed by atoms with Gasteiger partial charge in [-0.3, -0.25) is 9.59 Å². The number of likely N-dealkylation sites (tertiary alicyclic amines) is 2. The summed E-state index contributed by atoms with van der Waals surface area (Å²) in [5.41, 5.74) is 6.37. The summed E-state index contributed by atoms with van der Waals surface area (Å²) in [4.78, 5) is 29.0. The first-order valence-electron chi connectivity index (χ1n) is 9.61. The molecule has 2 bridgehead atoms. The second-order valence-electron chi connectivity index (χ2n) is 7.92. The Bertz CT molecular complexity index is 775. The highest BCUT2D eigenvalue weighted by atomic mass is 19.1. The number of amides is 2. The lowest BCUT2D eigenvalue weighted by atomic mass is 10.1. The number of benzene rings is 1. The molecule has 27 heavy (non-hydrogen) atoms. The first kappa shape index (κ1) is 19.4. The van der Waals surface area contributed by atoms with Gasteiger partial charge in [-0.05, 0) is 37.3 Å². The lowest BCUT2D eigenvalue weighted by Crippen LogP contribution is -2.50. The van der Waals surface area contributed by atoms with E-state index >= 15 is 0 Å². The molecule has 6 heteroatoms. The fraction of sp³-hybridized carbons (Fsp3) is 0.524. The van der Waals surface area contributed by atoms with E-state index in [9.17, 15) is 14.0 Å². The zero-order valence-electron chi connectivity index (χ0n) is 16.2. The molecule has 0 aliphatic carbocycles. The van der Waals surface area contributed by atoms with Crippen LogP contribution in [0.4, 0.5) is 10.1 Å². The summed E-state index contributed by atoms with van der Waals surface area (Å²) in [6, 6.07) is 3.21. The van der Waals surface area contributed by atoms with Gasteiger partial charge in [-0.25, -0.2) is 4.39 Å². The fourth-order valence-electron chi connectivity index (χ4n) is 3.98. The summed E-state index contributed by atoms with van der Waals surface area (Å²) in [6.45, 7) is 6.88. The monoisotopic (exact) mass is 373 g/mol. The smallest absolute Gasteiger partial charge is 0.256 e. The Hall–Kier alpha value is -2.37. The van der Waals surface area contributed by atoms with Gasteiger partial charge in [0.1, 0.15) is 5.82 Å². The lowest BCUT2D eigenvalue weighted by Gasteiger charge is -2.34. The van der Waals surface area contributed by atoms with Crippen LogP contribution < -0.4 is 5.73 Å². The molecule has 0 radical (unpaired) electrons. The first-order chi connectivity index (χ1) is 12.8. The standard InChI is InChI=1S/C21H28FN3O2/c1-13(2)6-4-5-7-18(26)24-11-16-10-15(24)12-25(16)21(27)17-9-8-14(3)19(22)20(17)23/h4,6,8-9,13,15-16H,5,7,10-12,23H2,1-3H3/b6-4+/t15-,16-/m0/s1. The molecule has 146 valence electrons. The molecule has 2 aliphatic heterocycles. The molecule has 1 aromatic rings. The minimum absolute atomic E-state index is 0.0126. The number of halogens is 1. The van der Waals surface area contributed by atoms with E-state index in [2.05, 4.69) is 26.0 Å². The van der Waals surface area contributed by atoms with Crippen molar-refractivity contribution in [1.29, 1.82) is 0 Å². The maximum atomic E-state index is 14.0. The summed E-state index contributed by atoms with van der Waals surface area (Å²) >= 11 is 0. The van der Waals surface area contributed by atoms with Crippen molar-refractivity contribution in [3.8, 4) is 0 Å². The molecule has 2 N–H and O–H groups in total. The number of nitrogens with zero attached hydrogens (tertiary/aromatic N) is 2. The molecule has 2 amide bonds. The highest BCUT2D eigenvalue weighted by Crippen LogP contribution is 2.33. The van der Waals surface area contributed by atoms with Gasteiger partial charge in [-0.2, -0.15) is 0 Å². The van der Waals surface area contributed by atoms with Crippen LogP contribution in [-0.2, 0) is 4.79 Å². The Balaban J connectivity index is 1.61. The number of hydrogen-bond donors (Lipinski definition) is 1. The van der Waals surface area contributed by atoms with Crippen molar-refractivity contribution >= 4 is 17.5 Å². The quantitative estimate of drug-likeness (QED) is 0.637. The maximum absolute atomic E-state index is 14.0. The Kier molecular flexibility index (Phi) is 5.53. The molecule has 0 spiro atoms. The normalized spacial score (nSPS) is 21.7. The predicted molar refractivity (Wildman–Crippen MR) is 104 cm³/mol. The maximum Gasteiger partial charge on any atom is 0.256 e. The van der Waals surface area contributed by atoms with E-state index in [0.717, 1.165) is 12.8 Å². The molecule has 3 rings (SSSR count). The number of allylic oxidation sites excluding steroid dienone is 2. The van der Waals surface area contributed by atoms with E-state index in [4.69, 9.17) is 5.73 Å². The van der Waals surface area contributed by atoms with Gasteiger partial charge in [-0.1, -0.05) is 32.1 Å². The molecule has 2 heterocycles. The number of aryl methyl sites for hydroxylation is 1. The number of anilines is 1. The molecule has 1 aromatic carbocycles. The van der Waals surface area contributed by atoms with Gasteiger partial charge in [0.05, 0.1) is 23.3 Å². The molecule has 2 aliphatic rings. The van der Waals surface area contributed by atoms with Crippen LogP contribution in [0.2, 0.25) is 0 Å². The highest BCUT2D eigenvalue weighted by Gasteiger charge is 2.47. The van der Waals surface area contributed by atoms with Crippen LogP contribution in [0.3, 0.4) is 0 Å². The third kappa shape index (κ3) is 3.84. The van der Waals surface area contributed by atoms with Crippen LogP contribution in [-0.4, -0.2) is 46.8 Å². The van der Waals surface area contributed by atoms with Crippen molar-refractivity contribution in [2.75, 3.05) is 18.8 Å². The molecule has 5 nitrogen and oxygen atoms in total. The number of carbonyl (C=O) groups is 2. The van der Waals surface area contributed by atoms with Crippen molar-refractivity contribution in [2.45, 2.75) is 52.1 Å². The molecule has 2 atom stereocenters. The Morgan fingerprint density at radius 2 is 1.93 bits per heavy atom. The zero-order chi connectivity index (χ0) is 19.7. The molecular formula is C21H28FN3O2. The molecule has 0 aromatic heterocycles. The molecule has 0 unspecified atom stereocenters. The average Bonchev–Trinajstić information content (AvgIpc) is 3.23. The van der Waals surface area contributed by atoms with Crippen LogP contribution in [0.25, 0.3) is 0 Å². The molecular weight excluding hydrogens is 345 g/mol. The van der Waals surface area contributed by atoms with E-state index in [1.165, 1.54) is 0 Å². The van der Waals surface area contributed by atoms with Gasteiger partial charge < -0.3 is 15.5 Å². The Morgan fingerprint density at radius 1 is 1.26 bits per heavy atom. The van der Waals surface area contributed by atoms with E-state index in [-0.39, 0.29) is 35.1 Å². The number of carbonyl (C=O) groups excluding carboxylic acids is 2. The summed E-state index contributed by atoms with van der Waals surface area (Å²) in [7, 11) is 0. The average molecular weight is 373 g/mol. The molecule has 2 fully saturated rings. The lowest BCUT2D eigenvalue weighted by molar-refractivity contribution is -0.133. The number of nitrogens with two attached hydrogens (primary N) is 1. The van der Waals surface area contributed by atoms with Gasteiger partial charge >= 0.3 is 0 Å². The van der Waals surface area contributed by atoms with E-state index < -0.39 is 5.82 Å². The van der Waals surface area contributed by atoms with Gasteiger partial charge in [0.25, 0.3) is 5.91 Å². The van der Waals surface area contributed by atoms with Crippen molar-refractivity contribution in [3.63, 3.8) is 0 Å². The highest BCUT2D eigenvalue weighted by molar-refractivity contribution is 6.00. The summed E-state index contributed by atoms with van der Waals surface area (Å²) in [5.74, 6) is -0.146. The van der Waals surface area contributed by atoms with Gasteiger partial charge in [-0.15, -0.1) is 0 Å². The third-order valence-electron chi connectivity index (χ3n) is 5.47. The van der Waals surface area contributed by atoms with E-state index in [0.29, 0.717) is 31.0 Å². The number of piperazine rings is 1. The van der Waals surface area contributed by atoms with Crippen molar-refractivity contribution < 1.29 is 14.0 Å². The van der Waals surface area contributed by atoms with Crippen LogP contribution in [0.15, 0.2) is 24.3 Å².